The summed E-state index contributed by atoms with van der Waals surface area (Å²) in [6.45, 7) is 4.13. The Morgan fingerprint density at radius 1 is 0.947 bits per heavy atom. The fraction of sp³-hybridized carbons (Fsp3) is 0.200. The molecule has 19 heavy (non-hydrogen) atoms. The number of hydrogen-bond donors (Lipinski definition) is 0. The van der Waals surface area contributed by atoms with E-state index in [-0.39, 0.29) is 5.38 Å². The molecular formula is C15H12Br2Cl2. The summed E-state index contributed by atoms with van der Waals surface area (Å²) >= 11 is 19.7. The molecule has 0 saturated heterocycles. The average molecular weight is 423 g/mol. The molecule has 0 aliphatic heterocycles. The summed E-state index contributed by atoms with van der Waals surface area (Å²) in [7, 11) is 0. The molecule has 0 radical (unpaired) electrons. The first-order valence-corrected chi connectivity index (χ1v) is 8.16. The third kappa shape index (κ3) is 3.36. The van der Waals surface area contributed by atoms with E-state index in [0.717, 1.165) is 25.6 Å². The molecule has 2 rings (SSSR count). The van der Waals surface area contributed by atoms with E-state index in [1.54, 1.807) is 0 Å². The molecule has 100 valence electrons. The summed E-state index contributed by atoms with van der Waals surface area (Å²) in [5.41, 5.74) is 4.45. The van der Waals surface area contributed by atoms with Crippen molar-refractivity contribution in [3.8, 4) is 0 Å². The standard InChI is InChI=1S/C15H12Br2Cl2/c1-8-6-13(17)9(2)5-11(8)15(19)10-3-4-12(16)14(18)7-10/h3-7,15H,1-2H3. The van der Waals surface area contributed by atoms with Crippen molar-refractivity contribution in [3.63, 3.8) is 0 Å². The number of hydrogen-bond acceptors (Lipinski definition) is 0. The molecule has 0 bridgehead atoms. The minimum atomic E-state index is -0.197. The Bertz CT molecular complexity index is 624. The second kappa shape index (κ2) is 6.17. The van der Waals surface area contributed by atoms with Gasteiger partial charge in [-0.3, -0.25) is 0 Å². The lowest BCUT2D eigenvalue weighted by Crippen LogP contribution is -1.98. The maximum atomic E-state index is 6.60. The van der Waals surface area contributed by atoms with Gasteiger partial charge >= 0.3 is 0 Å². The minimum Gasteiger partial charge on any atom is -0.113 e. The van der Waals surface area contributed by atoms with Gasteiger partial charge in [-0.1, -0.05) is 39.7 Å². The Kier molecular flexibility index (Phi) is 4.99. The van der Waals surface area contributed by atoms with Crippen LogP contribution in [0.3, 0.4) is 0 Å². The van der Waals surface area contributed by atoms with Gasteiger partial charge in [0.2, 0.25) is 0 Å². The summed E-state index contributed by atoms with van der Waals surface area (Å²) in [5.74, 6) is 0. The van der Waals surface area contributed by atoms with E-state index in [2.05, 4.69) is 57.8 Å². The number of aryl methyl sites for hydroxylation is 2. The van der Waals surface area contributed by atoms with Gasteiger partial charge in [0.25, 0.3) is 0 Å². The molecule has 0 aromatic heterocycles. The van der Waals surface area contributed by atoms with Crippen molar-refractivity contribution in [2.75, 3.05) is 0 Å². The lowest BCUT2D eigenvalue weighted by atomic mass is 9.98. The number of halogens is 4. The molecule has 0 saturated carbocycles. The van der Waals surface area contributed by atoms with E-state index in [4.69, 9.17) is 23.2 Å². The van der Waals surface area contributed by atoms with Crippen LogP contribution < -0.4 is 0 Å². The molecule has 1 unspecified atom stereocenters. The minimum absolute atomic E-state index is 0.197. The quantitative estimate of drug-likeness (QED) is 0.466. The highest BCUT2D eigenvalue weighted by Gasteiger charge is 2.15. The summed E-state index contributed by atoms with van der Waals surface area (Å²) in [6.07, 6.45) is 0. The van der Waals surface area contributed by atoms with Crippen molar-refractivity contribution in [1.82, 2.24) is 0 Å². The van der Waals surface area contributed by atoms with Gasteiger partial charge in [-0.2, -0.15) is 0 Å². The molecule has 4 heteroatoms. The van der Waals surface area contributed by atoms with Crippen LogP contribution in [0.15, 0.2) is 39.3 Å². The van der Waals surface area contributed by atoms with Crippen LogP contribution in [0.25, 0.3) is 0 Å². The van der Waals surface area contributed by atoms with Crippen LogP contribution in [0.4, 0.5) is 0 Å². The molecule has 0 amide bonds. The van der Waals surface area contributed by atoms with Crippen molar-refractivity contribution in [3.05, 3.63) is 66.6 Å². The van der Waals surface area contributed by atoms with Gasteiger partial charge in [0.15, 0.2) is 0 Å². The zero-order chi connectivity index (χ0) is 14.2. The van der Waals surface area contributed by atoms with E-state index in [1.165, 1.54) is 5.56 Å². The molecule has 0 fully saturated rings. The lowest BCUT2D eigenvalue weighted by Gasteiger charge is -2.15. The summed E-state index contributed by atoms with van der Waals surface area (Å²) < 4.78 is 1.98. The molecule has 0 aliphatic carbocycles. The summed E-state index contributed by atoms with van der Waals surface area (Å²) in [4.78, 5) is 0. The fourth-order valence-corrected chi connectivity index (χ4v) is 3.19. The first kappa shape index (κ1) is 15.4. The highest BCUT2D eigenvalue weighted by molar-refractivity contribution is 9.10. The van der Waals surface area contributed by atoms with Gasteiger partial charge in [-0.25, -0.2) is 0 Å². The van der Waals surface area contributed by atoms with E-state index in [0.29, 0.717) is 5.02 Å². The smallest absolute Gasteiger partial charge is 0.0838 e. The molecule has 0 aliphatic rings. The van der Waals surface area contributed by atoms with Gasteiger partial charge in [-0.15, -0.1) is 11.6 Å². The van der Waals surface area contributed by atoms with E-state index in [9.17, 15) is 0 Å². The van der Waals surface area contributed by atoms with Crippen LogP contribution >= 0.6 is 55.1 Å². The van der Waals surface area contributed by atoms with Crippen LogP contribution in [0.5, 0.6) is 0 Å². The molecule has 0 heterocycles. The van der Waals surface area contributed by atoms with Crippen molar-refractivity contribution in [1.29, 1.82) is 0 Å². The predicted octanol–water partition coefficient (Wildman–Crippen LogP) is 6.81. The SMILES string of the molecule is Cc1cc(C(Cl)c2ccc(Br)c(Cl)c2)c(C)cc1Br. The van der Waals surface area contributed by atoms with Crippen molar-refractivity contribution < 1.29 is 0 Å². The van der Waals surface area contributed by atoms with Crippen LogP contribution in [0.2, 0.25) is 5.02 Å². The van der Waals surface area contributed by atoms with Crippen molar-refractivity contribution in [2.24, 2.45) is 0 Å². The number of alkyl halides is 1. The normalized spacial score (nSPS) is 12.5. The van der Waals surface area contributed by atoms with Gasteiger partial charge in [0, 0.05) is 8.95 Å². The second-order valence-electron chi connectivity index (χ2n) is 4.49. The predicted molar refractivity (Wildman–Crippen MR) is 90.5 cm³/mol. The maximum Gasteiger partial charge on any atom is 0.0838 e. The average Bonchev–Trinajstić information content (AvgIpc) is 2.36. The fourth-order valence-electron chi connectivity index (χ4n) is 1.93. The first-order valence-electron chi connectivity index (χ1n) is 5.76. The van der Waals surface area contributed by atoms with E-state index in [1.807, 2.05) is 18.2 Å². The first-order chi connectivity index (χ1) is 8.90. The topological polar surface area (TPSA) is 0 Å². The van der Waals surface area contributed by atoms with Crippen LogP contribution in [-0.2, 0) is 0 Å². The van der Waals surface area contributed by atoms with Crippen LogP contribution in [0.1, 0.15) is 27.6 Å². The zero-order valence-electron chi connectivity index (χ0n) is 10.5. The Hall–Kier alpha value is -0.0200. The Labute approximate surface area is 140 Å². The molecule has 1 atom stereocenters. The summed E-state index contributed by atoms with van der Waals surface area (Å²) in [5, 5.41) is 0.479. The van der Waals surface area contributed by atoms with Crippen molar-refractivity contribution >= 4 is 55.1 Å². The molecule has 0 nitrogen and oxygen atoms in total. The third-order valence-corrected chi connectivity index (χ3v) is 5.63. The summed E-state index contributed by atoms with van der Waals surface area (Å²) in [6, 6.07) is 10.0. The molecule has 0 N–H and O–H groups in total. The Morgan fingerprint density at radius 2 is 1.63 bits per heavy atom. The van der Waals surface area contributed by atoms with Crippen molar-refractivity contribution in [2.45, 2.75) is 19.2 Å². The van der Waals surface area contributed by atoms with E-state index >= 15 is 0 Å². The molecular weight excluding hydrogens is 411 g/mol. The molecule has 2 aromatic carbocycles. The highest BCUT2D eigenvalue weighted by atomic mass is 79.9. The highest BCUT2D eigenvalue weighted by Crippen LogP contribution is 2.36. The molecule has 0 spiro atoms. The monoisotopic (exact) mass is 420 g/mol. The number of benzene rings is 2. The van der Waals surface area contributed by atoms with Crippen LogP contribution in [0, 0.1) is 13.8 Å². The largest absolute Gasteiger partial charge is 0.113 e. The maximum absolute atomic E-state index is 6.60. The van der Waals surface area contributed by atoms with Gasteiger partial charge < -0.3 is 0 Å². The third-order valence-electron chi connectivity index (χ3n) is 3.06. The molecule has 2 aromatic rings. The Morgan fingerprint density at radius 3 is 2.26 bits per heavy atom. The lowest BCUT2D eigenvalue weighted by molar-refractivity contribution is 1.10. The zero-order valence-corrected chi connectivity index (χ0v) is 15.2. The van der Waals surface area contributed by atoms with Gasteiger partial charge in [-0.05, 0) is 70.2 Å². The Balaban J connectivity index is 2.46. The number of rotatable bonds is 2. The van der Waals surface area contributed by atoms with Gasteiger partial charge in [0.1, 0.15) is 0 Å². The van der Waals surface area contributed by atoms with E-state index < -0.39 is 0 Å². The van der Waals surface area contributed by atoms with Crippen LogP contribution in [-0.4, -0.2) is 0 Å². The second-order valence-corrected chi connectivity index (χ2v) is 7.05. The van der Waals surface area contributed by atoms with Gasteiger partial charge in [0.05, 0.1) is 10.4 Å².